The van der Waals surface area contributed by atoms with Crippen LogP contribution in [0.3, 0.4) is 0 Å². The zero-order valence-electron chi connectivity index (χ0n) is 10.6. The molecule has 0 atom stereocenters. The Balaban J connectivity index is 2.25. The van der Waals surface area contributed by atoms with Gasteiger partial charge in [0.15, 0.2) is 0 Å². The highest BCUT2D eigenvalue weighted by Gasteiger charge is 2.32. The topological polar surface area (TPSA) is 0 Å². The summed E-state index contributed by atoms with van der Waals surface area (Å²) in [6.07, 6.45) is 9.09. The summed E-state index contributed by atoms with van der Waals surface area (Å²) in [7, 11) is -0.837. The van der Waals surface area contributed by atoms with Crippen LogP contribution in [0.2, 0.25) is 24.7 Å². The predicted octanol–water partition coefficient (Wildman–Crippen LogP) is 5.08. The fraction of sp³-hybridized carbons (Fsp3) is 1.00. The summed E-state index contributed by atoms with van der Waals surface area (Å²) in [5.74, 6) is 0.906. The van der Waals surface area contributed by atoms with Gasteiger partial charge in [-0.25, -0.2) is 0 Å². The summed E-state index contributed by atoms with van der Waals surface area (Å²) in [4.78, 5) is 0. The van der Waals surface area contributed by atoms with Crippen molar-refractivity contribution in [1.82, 2.24) is 0 Å². The van der Waals surface area contributed by atoms with Gasteiger partial charge in [0.25, 0.3) is 0 Å². The van der Waals surface area contributed by atoms with Crippen molar-refractivity contribution < 1.29 is 0 Å². The molecule has 0 saturated heterocycles. The van der Waals surface area contributed by atoms with E-state index in [1.807, 2.05) is 0 Å². The Labute approximate surface area is 91.5 Å². The molecule has 0 aliphatic heterocycles. The van der Waals surface area contributed by atoms with E-state index in [1.54, 1.807) is 18.9 Å². The molecule has 1 heteroatoms. The van der Waals surface area contributed by atoms with Crippen LogP contribution in [0, 0.1) is 5.92 Å². The molecular formula is C13H28Si. The quantitative estimate of drug-likeness (QED) is 0.558. The maximum Gasteiger partial charge on any atom is 0.0504 e. The lowest BCUT2D eigenvalue weighted by Gasteiger charge is -2.29. The first-order valence-corrected chi connectivity index (χ1v) is 9.81. The van der Waals surface area contributed by atoms with Crippen molar-refractivity contribution in [1.29, 1.82) is 0 Å². The lowest BCUT2D eigenvalue weighted by atomic mass is 10.1. The van der Waals surface area contributed by atoms with Gasteiger partial charge in [-0.2, -0.15) is 0 Å². The van der Waals surface area contributed by atoms with Gasteiger partial charge in [0, 0.05) is 0 Å². The predicted molar refractivity (Wildman–Crippen MR) is 68.6 cm³/mol. The van der Waals surface area contributed by atoms with Gasteiger partial charge < -0.3 is 0 Å². The van der Waals surface area contributed by atoms with E-state index in [1.165, 1.54) is 25.7 Å². The monoisotopic (exact) mass is 212 g/mol. The molecule has 0 unspecified atom stereocenters. The lowest BCUT2D eigenvalue weighted by molar-refractivity contribution is 0.571. The van der Waals surface area contributed by atoms with Crippen LogP contribution >= 0.6 is 0 Å². The Hall–Kier alpha value is 0.217. The molecule has 0 aromatic carbocycles. The molecule has 0 heterocycles. The maximum absolute atomic E-state index is 2.63. The van der Waals surface area contributed by atoms with E-state index in [-0.39, 0.29) is 0 Å². The van der Waals surface area contributed by atoms with E-state index >= 15 is 0 Å². The van der Waals surface area contributed by atoms with E-state index in [0.29, 0.717) is 0 Å². The molecular weight excluding hydrogens is 184 g/mol. The Bertz CT molecular complexity index is 155. The standard InChI is InChI=1S/C13H28Si/c1-12(2)8-7-11-14(3,4)13-9-5-6-10-13/h12-13H,5-11H2,1-4H3. The fourth-order valence-corrected chi connectivity index (χ4v) is 6.37. The molecule has 1 fully saturated rings. The summed E-state index contributed by atoms with van der Waals surface area (Å²) in [6.45, 7) is 9.96. The van der Waals surface area contributed by atoms with E-state index in [2.05, 4.69) is 26.9 Å². The van der Waals surface area contributed by atoms with Crippen molar-refractivity contribution in [3.05, 3.63) is 0 Å². The third-order valence-electron chi connectivity index (χ3n) is 4.06. The molecule has 0 amide bonds. The normalized spacial score (nSPS) is 19.5. The first-order chi connectivity index (χ1) is 6.52. The molecule has 0 aromatic rings. The number of hydrogen-bond donors (Lipinski definition) is 0. The lowest BCUT2D eigenvalue weighted by Crippen LogP contribution is -2.30. The van der Waals surface area contributed by atoms with Crippen LogP contribution in [-0.4, -0.2) is 8.07 Å². The molecule has 14 heavy (non-hydrogen) atoms. The van der Waals surface area contributed by atoms with Crippen LogP contribution in [-0.2, 0) is 0 Å². The number of hydrogen-bond acceptors (Lipinski definition) is 0. The molecule has 84 valence electrons. The van der Waals surface area contributed by atoms with Gasteiger partial charge in [-0.1, -0.05) is 71.5 Å². The van der Waals surface area contributed by atoms with Gasteiger partial charge in [-0.3, -0.25) is 0 Å². The van der Waals surface area contributed by atoms with E-state index < -0.39 is 8.07 Å². The minimum Gasteiger partial charge on any atom is -0.0691 e. The first-order valence-electron chi connectivity index (χ1n) is 6.52. The second kappa shape index (κ2) is 5.34. The molecule has 0 spiro atoms. The van der Waals surface area contributed by atoms with E-state index in [0.717, 1.165) is 11.5 Å². The minimum absolute atomic E-state index is 0.837. The Morgan fingerprint density at radius 2 is 1.71 bits per heavy atom. The van der Waals surface area contributed by atoms with Gasteiger partial charge in [-0.05, 0) is 11.5 Å². The van der Waals surface area contributed by atoms with Crippen molar-refractivity contribution in [2.45, 2.75) is 77.1 Å². The zero-order valence-corrected chi connectivity index (χ0v) is 11.6. The summed E-state index contributed by atoms with van der Waals surface area (Å²) in [6, 6.07) is 1.58. The van der Waals surface area contributed by atoms with Gasteiger partial charge in [0.1, 0.15) is 0 Å². The Kier molecular flexibility index (Phi) is 4.69. The van der Waals surface area contributed by atoms with Crippen LogP contribution in [0.25, 0.3) is 0 Å². The average molecular weight is 212 g/mol. The van der Waals surface area contributed by atoms with Crippen molar-refractivity contribution in [2.75, 3.05) is 0 Å². The Morgan fingerprint density at radius 1 is 1.14 bits per heavy atom. The molecule has 0 aromatic heterocycles. The van der Waals surface area contributed by atoms with Crippen LogP contribution in [0.1, 0.15) is 52.4 Å². The first kappa shape index (κ1) is 12.3. The van der Waals surface area contributed by atoms with Crippen LogP contribution in [0.4, 0.5) is 0 Å². The number of rotatable bonds is 5. The zero-order chi connectivity index (χ0) is 10.6. The van der Waals surface area contributed by atoms with Crippen molar-refractivity contribution >= 4 is 8.07 Å². The van der Waals surface area contributed by atoms with Gasteiger partial charge in [-0.15, -0.1) is 0 Å². The molecule has 1 saturated carbocycles. The molecule has 1 aliphatic carbocycles. The average Bonchev–Trinajstić information content (AvgIpc) is 2.54. The largest absolute Gasteiger partial charge is 0.0691 e. The van der Waals surface area contributed by atoms with Crippen LogP contribution in [0.5, 0.6) is 0 Å². The summed E-state index contributed by atoms with van der Waals surface area (Å²) in [5, 5.41) is 0. The van der Waals surface area contributed by atoms with Gasteiger partial charge in [0.05, 0.1) is 8.07 Å². The van der Waals surface area contributed by atoms with Crippen LogP contribution in [0.15, 0.2) is 0 Å². The summed E-state index contributed by atoms with van der Waals surface area (Å²) < 4.78 is 0. The van der Waals surface area contributed by atoms with Crippen molar-refractivity contribution in [2.24, 2.45) is 5.92 Å². The van der Waals surface area contributed by atoms with Crippen LogP contribution < -0.4 is 0 Å². The maximum atomic E-state index is 2.63. The second-order valence-corrected chi connectivity index (χ2v) is 11.5. The third kappa shape index (κ3) is 3.76. The highest BCUT2D eigenvalue weighted by atomic mass is 28.3. The third-order valence-corrected chi connectivity index (χ3v) is 8.49. The fourth-order valence-electron chi connectivity index (χ4n) is 2.88. The van der Waals surface area contributed by atoms with E-state index in [9.17, 15) is 0 Å². The summed E-state index contributed by atoms with van der Waals surface area (Å²) >= 11 is 0. The molecule has 0 nitrogen and oxygen atoms in total. The van der Waals surface area contributed by atoms with E-state index in [4.69, 9.17) is 0 Å². The molecule has 0 bridgehead atoms. The second-order valence-electron chi connectivity index (χ2n) is 6.26. The molecule has 0 N–H and O–H groups in total. The minimum atomic E-state index is -0.837. The smallest absolute Gasteiger partial charge is 0.0504 e. The van der Waals surface area contributed by atoms with Crippen molar-refractivity contribution in [3.63, 3.8) is 0 Å². The van der Waals surface area contributed by atoms with Gasteiger partial charge in [0.2, 0.25) is 0 Å². The van der Waals surface area contributed by atoms with Crippen molar-refractivity contribution in [3.8, 4) is 0 Å². The highest BCUT2D eigenvalue weighted by Crippen LogP contribution is 2.41. The molecule has 1 aliphatic rings. The molecule has 1 rings (SSSR count). The Morgan fingerprint density at radius 3 is 2.21 bits per heavy atom. The SMILES string of the molecule is CC(C)CCC[Si](C)(C)C1CCCC1. The molecule has 0 radical (unpaired) electrons. The summed E-state index contributed by atoms with van der Waals surface area (Å²) in [5.41, 5.74) is 1.16. The van der Waals surface area contributed by atoms with Gasteiger partial charge >= 0.3 is 0 Å². The highest BCUT2D eigenvalue weighted by molar-refractivity contribution is 6.78.